The fourth-order valence-corrected chi connectivity index (χ4v) is 29.5. The highest BCUT2D eigenvalue weighted by Crippen LogP contribution is 2.68. The van der Waals surface area contributed by atoms with Gasteiger partial charge in [-0.05, 0) is 273 Å². The van der Waals surface area contributed by atoms with E-state index in [1.54, 1.807) is 5.57 Å². The number of ether oxygens (including phenoxy) is 8. The number of fused-ring (bicyclic) bond motifs is 9. The Balaban J connectivity index is 0.000000143. The Bertz CT molecular complexity index is 4350. The monoisotopic (exact) mass is 1770 g/mol. The molecular formula is C106H159NO18S. The van der Waals surface area contributed by atoms with Crippen molar-refractivity contribution in [3.8, 4) is 0 Å². The van der Waals surface area contributed by atoms with E-state index in [-0.39, 0.29) is 64.1 Å². The molecule has 0 radical (unpaired) electrons. The molecule has 0 amide bonds. The molecule has 19 nitrogen and oxygen atoms in total. The Hall–Kier alpha value is -5.75. The number of aliphatic hydroxyl groups excluding tert-OH is 5. The molecule has 6 saturated heterocycles. The summed E-state index contributed by atoms with van der Waals surface area (Å²) in [6.07, 6.45) is 38.4. The summed E-state index contributed by atoms with van der Waals surface area (Å²) in [7, 11) is 5.55. The van der Waals surface area contributed by atoms with Gasteiger partial charge in [0, 0.05) is 49.0 Å². The van der Waals surface area contributed by atoms with Crippen molar-refractivity contribution in [1.29, 1.82) is 0 Å². The van der Waals surface area contributed by atoms with Crippen molar-refractivity contribution in [3.05, 3.63) is 167 Å². The second-order valence-corrected chi connectivity index (χ2v) is 43.5. The number of esters is 1. The summed E-state index contributed by atoms with van der Waals surface area (Å²) in [6.45, 7) is 61.1. The van der Waals surface area contributed by atoms with Gasteiger partial charge in [0.15, 0.2) is 0 Å². The average molecular weight is 1770 g/mol. The maximum Gasteiger partial charge on any atom is 0.336 e. The molecule has 4 unspecified atom stereocenters. The number of cyclic esters (lactones) is 1. The van der Waals surface area contributed by atoms with Crippen LogP contribution < -0.4 is 0 Å². The summed E-state index contributed by atoms with van der Waals surface area (Å²) >= 11 is -1.65. The van der Waals surface area contributed by atoms with Gasteiger partial charge < -0.3 is 68.3 Å². The molecule has 10 aliphatic carbocycles. The van der Waals surface area contributed by atoms with Crippen molar-refractivity contribution in [2.45, 2.75) is 312 Å². The topological polar surface area (TPSA) is 249 Å². The maximum absolute atomic E-state index is 11.8. The van der Waals surface area contributed by atoms with Gasteiger partial charge in [0.25, 0.3) is 0 Å². The Kier molecular flexibility index (Phi) is 31.2. The largest absolute Gasteiger partial charge is 0.491 e. The number of allylic oxidation sites excluding steroid dienone is 12. The first-order valence-corrected chi connectivity index (χ1v) is 48.4. The summed E-state index contributed by atoms with van der Waals surface area (Å²) < 4.78 is 66.4. The zero-order valence-electron chi connectivity index (χ0n) is 78.7. The molecule has 7 heterocycles. The highest BCUT2D eigenvalue weighted by Gasteiger charge is 2.66. The van der Waals surface area contributed by atoms with E-state index in [0.29, 0.717) is 157 Å². The third-order valence-electron chi connectivity index (χ3n) is 36.7. The molecule has 30 atom stereocenters. The van der Waals surface area contributed by atoms with Crippen LogP contribution in [0, 0.1) is 109 Å². The van der Waals surface area contributed by atoms with Gasteiger partial charge in [-0.2, -0.15) is 4.21 Å². The third-order valence-corrected chi connectivity index (χ3v) is 37.4. The van der Waals surface area contributed by atoms with E-state index in [2.05, 4.69) is 178 Å². The number of carbonyl (C=O) groups is 1. The summed E-state index contributed by atoms with van der Waals surface area (Å²) in [5.74, 6) is 8.35. The van der Waals surface area contributed by atoms with Crippen LogP contribution >= 0.6 is 0 Å². The van der Waals surface area contributed by atoms with Crippen molar-refractivity contribution in [3.63, 3.8) is 0 Å². The molecule has 17 aliphatic rings. The number of nitrogens with zero attached hydrogens (tertiary/aromatic N) is 1. The fourth-order valence-electron chi connectivity index (χ4n) is 28.6. The number of oxime groups is 1. The predicted octanol–water partition coefficient (Wildman–Crippen LogP) is 20.5. The van der Waals surface area contributed by atoms with Gasteiger partial charge in [-0.15, -0.1) is 0 Å². The summed E-state index contributed by atoms with van der Waals surface area (Å²) in [4.78, 5) is 17.7. The minimum atomic E-state index is -1.65. The second kappa shape index (κ2) is 39.6. The van der Waals surface area contributed by atoms with E-state index in [1.165, 1.54) is 66.4 Å². The molecule has 20 heteroatoms. The molecule has 0 bridgehead atoms. The molecule has 0 aromatic heterocycles. The highest BCUT2D eigenvalue weighted by molar-refractivity contribution is 7.75. The van der Waals surface area contributed by atoms with Crippen LogP contribution in [0.2, 0.25) is 0 Å². The highest BCUT2D eigenvalue weighted by atomic mass is 32.2. The molecule has 7 aliphatic heterocycles. The Morgan fingerprint density at radius 2 is 0.889 bits per heavy atom. The van der Waals surface area contributed by atoms with Crippen LogP contribution in [-0.4, -0.2) is 163 Å². The molecule has 5 N–H and O–H groups in total. The number of hydrogen-bond donors (Lipinski definition) is 5. The quantitative estimate of drug-likeness (QED) is 0.0653. The van der Waals surface area contributed by atoms with E-state index < -0.39 is 47.9 Å². The lowest BCUT2D eigenvalue weighted by atomic mass is 9.43. The minimum absolute atomic E-state index is 0. The summed E-state index contributed by atoms with van der Waals surface area (Å²) in [5, 5.41) is 54.6. The lowest BCUT2D eigenvalue weighted by molar-refractivity contribution is -0.162. The standard InChI is InChI=1S/C22H31NO3.3C21H32O3.C20H28O6S.CH4/c1-14-6-9-19-20(3,10-11-22(5)21(19,4)13-23-26-22)17(14)8-7-16-15(2)25-12-18(16)24;3*1-13-6-8-18-14(2)20(23-5)10-11-21(18,4)17(13)9-7-16-15(3)24-12-19(16)22;1-12-4-7-16-19(2,9-8-17-20(16,3)11-25-27(23)26-17)14(12)6-5-13-15(21)10-24-18(13)22;/h7,13,17-19,24H,1-2,6,8-12H2,3-5H3;7,14,18-20,22H,3,6,8-12H2,1-2,4-5H3;6-7,14,17-20,22H,3,8-12H2,1-2,4-5H3;7,14,17-20,22H,1,3,6,8-12H2,2,4-5H3;5,14-17,21H,1,4,6-11H2,2-3H3;1H4/b4*16-7-;13-5+;/t17-,18-,19+,20+,21+,22-;14-,18-,19-,20?,21+;14-,17-,18-,19-,20?,21+;14-,17-,18-,19-,20-,21+;14-,15-,16+,17?,19+,20+,27?;/m11111./s1. The van der Waals surface area contributed by atoms with Crippen LogP contribution in [0.3, 0.4) is 0 Å². The molecular weight excluding hydrogens is 1610 g/mol. The number of rotatable bonds is 13. The molecule has 0 aromatic carbocycles. The predicted molar refractivity (Wildman–Crippen MR) is 498 cm³/mol. The SMILES string of the molecule is C.C=C1CC[C@H]2[C@@](C)(CCC3OS(=O)OC[C@]32C)[C@@H]1C/C=C1/C(=O)OC[C@H]1O.C=C1OC[C@@H](O)/C1=C\CC1=C(C)CC[C@@H]2[C@@H](C)C(OC)CC[C@@]12C.C=C1OC[C@@H](O)/C1=C\C[C@@H]1C(=C)CC[C@@H]2[C@@H](C)[C@H](OC)CC[C@@]12C.C=C1OC[C@@H](O)/C1=C\C[C@@H]1C(=C)CC[C@H]2[C@@]1(C)CC[C@@]1(C)ON=C[C@@]21C.C=C1OC[C@@H](O)/C1=C\C[C@@H]1C(C)=CC[C@@H]2[C@@H](C)C(OC)CC[C@@]12C. The van der Waals surface area contributed by atoms with Crippen LogP contribution in [0.1, 0.15) is 252 Å². The molecule has 17 rings (SSSR count). The van der Waals surface area contributed by atoms with Gasteiger partial charge in [-0.25, -0.2) is 4.79 Å². The number of methoxy groups -OCH3 is 3. The second-order valence-electron chi connectivity index (χ2n) is 42.7. The van der Waals surface area contributed by atoms with Crippen LogP contribution in [0.15, 0.2) is 172 Å². The fraction of sp³-hybridized carbons (Fsp3) is 0.717. The van der Waals surface area contributed by atoms with Crippen LogP contribution in [0.5, 0.6) is 0 Å². The van der Waals surface area contributed by atoms with Crippen LogP contribution in [0.4, 0.5) is 0 Å². The Morgan fingerprint density at radius 1 is 0.476 bits per heavy atom. The zero-order chi connectivity index (χ0) is 90.6. The lowest BCUT2D eigenvalue weighted by Crippen LogP contribution is -2.60. The summed E-state index contributed by atoms with van der Waals surface area (Å²) in [5.41, 5.74) is 12.9. The van der Waals surface area contributed by atoms with Crippen molar-refractivity contribution in [2.24, 2.45) is 114 Å². The van der Waals surface area contributed by atoms with Crippen molar-refractivity contribution < 1.29 is 85.6 Å². The molecule has 0 aromatic rings. The van der Waals surface area contributed by atoms with E-state index in [0.717, 1.165) is 131 Å². The van der Waals surface area contributed by atoms with Gasteiger partial charge in [0.05, 0.1) is 48.2 Å². The number of aliphatic hydroxyl groups is 5. The lowest BCUT2D eigenvalue weighted by Gasteiger charge is -2.61. The third kappa shape index (κ3) is 18.6. The van der Waals surface area contributed by atoms with E-state index in [4.69, 9.17) is 51.1 Å². The normalized spacial score (nSPS) is 45.4. The first kappa shape index (κ1) is 99.3. The molecule has 14 fully saturated rings. The first-order chi connectivity index (χ1) is 59.1. The van der Waals surface area contributed by atoms with Gasteiger partial charge in [0.2, 0.25) is 0 Å². The van der Waals surface area contributed by atoms with Gasteiger partial charge in [-0.1, -0.05) is 198 Å². The smallest absolute Gasteiger partial charge is 0.336 e. The average Bonchev–Trinajstić information content (AvgIpc) is 1.41. The number of hydrogen-bond acceptors (Lipinski definition) is 19. The molecule has 702 valence electrons. The summed E-state index contributed by atoms with van der Waals surface area (Å²) in [6, 6.07) is 0. The van der Waals surface area contributed by atoms with E-state index >= 15 is 0 Å². The maximum atomic E-state index is 11.8. The van der Waals surface area contributed by atoms with Crippen LogP contribution in [0.25, 0.3) is 0 Å². The van der Waals surface area contributed by atoms with Gasteiger partial charge >= 0.3 is 17.3 Å². The molecule has 8 saturated carbocycles. The minimum Gasteiger partial charge on any atom is -0.491 e. The Labute approximate surface area is 758 Å². The van der Waals surface area contributed by atoms with E-state index in [9.17, 15) is 34.5 Å². The van der Waals surface area contributed by atoms with Crippen molar-refractivity contribution in [1.82, 2.24) is 0 Å². The van der Waals surface area contributed by atoms with E-state index in [1.807, 2.05) is 27.4 Å². The number of carbonyl (C=O) groups excluding carboxylic acids is 1. The Morgan fingerprint density at radius 3 is 1.38 bits per heavy atom. The zero-order valence-corrected chi connectivity index (χ0v) is 79.5. The van der Waals surface area contributed by atoms with Crippen molar-refractivity contribution >= 4 is 23.5 Å². The van der Waals surface area contributed by atoms with Crippen LogP contribution in [-0.2, 0) is 67.3 Å². The van der Waals surface area contributed by atoms with Crippen molar-refractivity contribution in [2.75, 3.05) is 61.0 Å². The van der Waals surface area contributed by atoms with Gasteiger partial charge in [0.1, 0.15) is 92.2 Å². The first-order valence-electron chi connectivity index (χ1n) is 47.4. The molecule has 126 heavy (non-hydrogen) atoms. The molecule has 0 spiro atoms. The van der Waals surface area contributed by atoms with Gasteiger partial charge in [-0.3, -0.25) is 8.37 Å².